The van der Waals surface area contributed by atoms with Gasteiger partial charge in [0.15, 0.2) is 0 Å². The van der Waals surface area contributed by atoms with Crippen molar-refractivity contribution >= 4 is 32.4 Å². The van der Waals surface area contributed by atoms with Gasteiger partial charge in [-0.05, 0) is 44.3 Å². The van der Waals surface area contributed by atoms with E-state index in [1.54, 1.807) is 0 Å². The van der Waals surface area contributed by atoms with Gasteiger partial charge in [-0.25, -0.2) is 0 Å². The Morgan fingerprint density at radius 3 is 2.65 bits per heavy atom. The van der Waals surface area contributed by atoms with E-state index in [-0.39, 0.29) is 5.54 Å². The number of hydrogen-bond acceptors (Lipinski definition) is 2. The standard InChI is InChI=1S/C17H21BrN2/c1-17(2)12-20(11-5-10-19-17)16-9-8-15(18)13-6-3-4-7-14(13)16/h3-4,6-9,19H,5,10-12H2,1-2H3. The summed E-state index contributed by atoms with van der Waals surface area (Å²) in [6, 6.07) is 13.0. The van der Waals surface area contributed by atoms with Crippen molar-refractivity contribution < 1.29 is 0 Å². The van der Waals surface area contributed by atoms with Crippen molar-refractivity contribution in [2.75, 3.05) is 24.5 Å². The molecule has 1 aliphatic heterocycles. The first-order valence-electron chi connectivity index (χ1n) is 7.24. The smallest absolute Gasteiger partial charge is 0.0447 e. The maximum Gasteiger partial charge on any atom is 0.0447 e. The molecular formula is C17H21BrN2. The number of nitrogens with zero attached hydrogens (tertiary/aromatic N) is 1. The summed E-state index contributed by atoms with van der Waals surface area (Å²) in [6.45, 7) is 7.82. The summed E-state index contributed by atoms with van der Waals surface area (Å²) in [5.74, 6) is 0. The molecule has 0 unspecified atom stereocenters. The van der Waals surface area contributed by atoms with Gasteiger partial charge >= 0.3 is 0 Å². The third kappa shape index (κ3) is 2.70. The molecule has 1 heterocycles. The molecule has 0 aliphatic carbocycles. The molecule has 2 nitrogen and oxygen atoms in total. The van der Waals surface area contributed by atoms with Crippen LogP contribution in [0.15, 0.2) is 40.9 Å². The van der Waals surface area contributed by atoms with Crippen LogP contribution in [0.5, 0.6) is 0 Å². The maximum atomic E-state index is 3.66. The third-order valence-corrected chi connectivity index (χ3v) is 4.67. The molecule has 1 saturated heterocycles. The average Bonchev–Trinajstić information content (AvgIpc) is 2.60. The van der Waals surface area contributed by atoms with Crippen LogP contribution < -0.4 is 10.2 Å². The van der Waals surface area contributed by atoms with Gasteiger partial charge in [-0.2, -0.15) is 0 Å². The molecule has 3 rings (SSSR count). The van der Waals surface area contributed by atoms with E-state index in [2.05, 4.69) is 76.4 Å². The summed E-state index contributed by atoms with van der Waals surface area (Å²) < 4.78 is 1.17. The Kier molecular flexibility index (Phi) is 3.74. The van der Waals surface area contributed by atoms with Crippen molar-refractivity contribution in [3.05, 3.63) is 40.9 Å². The molecule has 0 spiro atoms. The predicted octanol–water partition coefficient (Wildman–Crippen LogP) is 4.18. The number of fused-ring (bicyclic) bond motifs is 1. The Hall–Kier alpha value is -1.06. The van der Waals surface area contributed by atoms with Gasteiger partial charge in [-0.3, -0.25) is 0 Å². The second kappa shape index (κ2) is 5.38. The van der Waals surface area contributed by atoms with E-state index in [0.29, 0.717) is 0 Å². The van der Waals surface area contributed by atoms with Crippen LogP contribution in [0.4, 0.5) is 5.69 Å². The summed E-state index contributed by atoms with van der Waals surface area (Å²) in [5.41, 5.74) is 1.51. The van der Waals surface area contributed by atoms with E-state index in [1.165, 1.54) is 27.4 Å². The fraction of sp³-hybridized carbons (Fsp3) is 0.412. The zero-order valence-corrected chi connectivity index (χ0v) is 13.7. The Bertz CT molecular complexity index is 621. The van der Waals surface area contributed by atoms with Crippen LogP contribution >= 0.6 is 15.9 Å². The lowest BCUT2D eigenvalue weighted by atomic mass is 10.0. The molecule has 0 bridgehead atoms. The highest BCUT2D eigenvalue weighted by Crippen LogP contribution is 2.33. The van der Waals surface area contributed by atoms with E-state index in [0.717, 1.165) is 19.6 Å². The van der Waals surface area contributed by atoms with Crippen LogP contribution in [0.3, 0.4) is 0 Å². The van der Waals surface area contributed by atoms with E-state index in [1.807, 2.05) is 0 Å². The molecule has 0 atom stereocenters. The van der Waals surface area contributed by atoms with Crippen LogP contribution in [0.1, 0.15) is 20.3 Å². The molecule has 0 amide bonds. The molecule has 2 aromatic rings. The van der Waals surface area contributed by atoms with E-state index in [9.17, 15) is 0 Å². The highest BCUT2D eigenvalue weighted by molar-refractivity contribution is 9.10. The Morgan fingerprint density at radius 1 is 1.10 bits per heavy atom. The van der Waals surface area contributed by atoms with Gasteiger partial charge in [0.25, 0.3) is 0 Å². The van der Waals surface area contributed by atoms with E-state index < -0.39 is 0 Å². The lowest BCUT2D eigenvalue weighted by Gasteiger charge is -2.32. The minimum Gasteiger partial charge on any atom is -0.369 e. The summed E-state index contributed by atoms with van der Waals surface area (Å²) in [6.07, 6.45) is 1.19. The van der Waals surface area contributed by atoms with E-state index >= 15 is 0 Å². The minimum atomic E-state index is 0.157. The third-order valence-electron chi connectivity index (χ3n) is 3.98. The van der Waals surface area contributed by atoms with Crippen LogP contribution in [-0.2, 0) is 0 Å². The molecule has 106 valence electrons. The summed E-state index contributed by atoms with van der Waals surface area (Å²) >= 11 is 3.66. The highest BCUT2D eigenvalue weighted by Gasteiger charge is 2.25. The number of hydrogen-bond donors (Lipinski definition) is 1. The van der Waals surface area contributed by atoms with Crippen LogP contribution in [0.2, 0.25) is 0 Å². The predicted molar refractivity (Wildman–Crippen MR) is 90.6 cm³/mol. The molecule has 20 heavy (non-hydrogen) atoms. The van der Waals surface area contributed by atoms with Crippen LogP contribution in [0, 0.1) is 0 Å². The molecular weight excluding hydrogens is 312 g/mol. The monoisotopic (exact) mass is 332 g/mol. The summed E-state index contributed by atoms with van der Waals surface area (Å²) in [7, 11) is 0. The van der Waals surface area contributed by atoms with Gasteiger partial charge in [-0.15, -0.1) is 0 Å². The minimum absolute atomic E-state index is 0.157. The lowest BCUT2D eigenvalue weighted by molar-refractivity contribution is 0.416. The van der Waals surface area contributed by atoms with Gasteiger partial charge in [0.2, 0.25) is 0 Å². The molecule has 0 radical (unpaired) electrons. The second-order valence-electron chi connectivity index (χ2n) is 6.20. The van der Waals surface area contributed by atoms with Gasteiger partial charge in [0, 0.05) is 34.2 Å². The quantitative estimate of drug-likeness (QED) is 0.842. The number of halogens is 1. The zero-order chi connectivity index (χ0) is 14.2. The summed E-state index contributed by atoms with van der Waals surface area (Å²) in [4.78, 5) is 2.52. The first-order chi connectivity index (χ1) is 9.57. The maximum absolute atomic E-state index is 3.66. The topological polar surface area (TPSA) is 15.3 Å². The van der Waals surface area contributed by atoms with Crippen molar-refractivity contribution in [3.8, 4) is 0 Å². The van der Waals surface area contributed by atoms with Crippen LogP contribution in [-0.4, -0.2) is 25.2 Å². The fourth-order valence-corrected chi connectivity index (χ4v) is 3.51. The molecule has 0 saturated carbocycles. The van der Waals surface area contributed by atoms with Crippen molar-refractivity contribution in [1.29, 1.82) is 0 Å². The van der Waals surface area contributed by atoms with Gasteiger partial charge in [0.05, 0.1) is 0 Å². The van der Waals surface area contributed by atoms with Crippen molar-refractivity contribution in [3.63, 3.8) is 0 Å². The first-order valence-corrected chi connectivity index (χ1v) is 8.03. The normalized spacial score (nSPS) is 19.1. The number of rotatable bonds is 1. The molecule has 1 N–H and O–H groups in total. The molecule has 3 heteroatoms. The molecule has 0 aromatic heterocycles. The first kappa shape index (κ1) is 13.9. The summed E-state index contributed by atoms with van der Waals surface area (Å²) in [5, 5.41) is 6.25. The van der Waals surface area contributed by atoms with Crippen LogP contribution in [0.25, 0.3) is 10.8 Å². The Balaban J connectivity index is 2.07. The van der Waals surface area contributed by atoms with Gasteiger partial charge in [-0.1, -0.05) is 40.2 Å². The SMILES string of the molecule is CC1(C)CN(c2ccc(Br)c3ccccc23)CCCN1. The fourth-order valence-electron chi connectivity index (χ4n) is 3.04. The highest BCUT2D eigenvalue weighted by atomic mass is 79.9. The van der Waals surface area contributed by atoms with Gasteiger partial charge in [0.1, 0.15) is 0 Å². The number of nitrogens with one attached hydrogen (secondary N) is 1. The molecule has 1 aliphatic rings. The lowest BCUT2D eigenvalue weighted by Crippen LogP contribution is -2.46. The zero-order valence-electron chi connectivity index (χ0n) is 12.1. The number of anilines is 1. The van der Waals surface area contributed by atoms with Gasteiger partial charge < -0.3 is 10.2 Å². The second-order valence-corrected chi connectivity index (χ2v) is 7.05. The molecule has 1 fully saturated rings. The average molecular weight is 333 g/mol. The van der Waals surface area contributed by atoms with Crippen molar-refractivity contribution in [2.45, 2.75) is 25.8 Å². The van der Waals surface area contributed by atoms with Crippen molar-refractivity contribution in [1.82, 2.24) is 5.32 Å². The van der Waals surface area contributed by atoms with E-state index in [4.69, 9.17) is 0 Å². The number of benzene rings is 2. The largest absolute Gasteiger partial charge is 0.369 e. The Morgan fingerprint density at radius 2 is 1.85 bits per heavy atom. The van der Waals surface area contributed by atoms with Crippen molar-refractivity contribution in [2.24, 2.45) is 0 Å². The molecule has 2 aromatic carbocycles. The Labute approximate surface area is 129 Å².